The van der Waals surface area contributed by atoms with E-state index < -0.39 is 0 Å². The molecule has 0 bridgehead atoms. The van der Waals surface area contributed by atoms with E-state index in [-0.39, 0.29) is 11.7 Å². The first-order valence-electron chi connectivity index (χ1n) is 6.67. The lowest BCUT2D eigenvalue weighted by Gasteiger charge is -2.07. The fourth-order valence-electron chi connectivity index (χ4n) is 2.03. The van der Waals surface area contributed by atoms with Gasteiger partial charge in [0.25, 0.3) is 5.91 Å². The molecule has 104 valence electrons. The van der Waals surface area contributed by atoms with Crippen LogP contribution in [0.5, 0.6) is 0 Å². The summed E-state index contributed by atoms with van der Waals surface area (Å²) >= 11 is 0. The van der Waals surface area contributed by atoms with Crippen LogP contribution in [0.3, 0.4) is 0 Å². The van der Waals surface area contributed by atoms with Gasteiger partial charge in [0.15, 0.2) is 5.78 Å². The molecule has 2 rings (SSSR count). The summed E-state index contributed by atoms with van der Waals surface area (Å²) in [6.07, 6.45) is 3.16. The molecule has 0 aliphatic rings. The maximum atomic E-state index is 12.1. The van der Waals surface area contributed by atoms with E-state index >= 15 is 0 Å². The van der Waals surface area contributed by atoms with Crippen LogP contribution in [0.1, 0.15) is 40.6 Å². The molecule has 2 aromatic rings. The van der Waals surface area contributed by atoms with Crippen molar-refractivity contribution in [3.05, 3.63) is 53.9 Å². The van der Waals surface area contributed by atoms with Crippen molar-refractivity contribution in [2.24, 2.45) is 7.05 Å². The zero-order valence-electron chi connectivity index (χ0n) is 11.7. The van der Waals surface area contributed by atoms with Gasteiger partial charge >= 0.3 is 0 Å². The number of nitrogens with one attached hydrogen (secondary N) is 1. The van der Waals surface area contributed by atoms with Gasteiger partial charge in [-0.25, -0.2) is 0 Å². The fourth-order valence-corrected chi connectivity index (χ4v) is 2.03. The molecule has 20 heavy (non-hydrogen) atoms. The van der Waals surface area contributed by atoms with Gasteiger partial charge in [-0.15, -0.1) is 0 Å². The van der Waals surface area contributed by atoms with E-state index in [9.17, 15) is 9.59 Å². The van der Waals surface area contributed by atoms with Crippen LogP contribution in [0.4, 0.5) is 5.69 Å². The van der Waals surface area contributed by atoms with Gasteiger partial charge in [-0.3, -0.25) is 9.59 Å². The Morgan fingerprint density at radius 3 is 2.65 bits per heavy atom. The Morgan fingerprint density at radius 1 is 1.20 bits per heavy atom. The number of anilines is 1. The molecule has 0 radical (unpaired) electrons. The van der Waals surface area contributed by atoms with E-state index in [2.05, 4.69) is 5.32 Å². The summed E-state index contributed by atoms with van der Waals surface area (Å²) < 4.78 is 1.75. The Kier molecular flexibility index (Phi) is 4.35. The van der Waals surface area contributed by atoms with Crippen LogP contribution in [-0.2, 0) is 7.05 Å². The molecule has 1 aromatic heterocycles. The van der Waals surface area contributed by atoms with Crippen molar-refractivity contribution in [1.82, 2.24) is 4.57 Å². The summed E-state index contributed by atoms with van der Waals surface area (Å²) in [5.41, 5.74) is 1.85. The van der Waals surface area contributed by atoms with Crippen molar-refractivity contribution in [3.8, 4) is 0 Å². The number of ketones is 1. The Morgan fingerprint density at radius 2 is 2.00 bits per heavy atom. The predicted octanol–water partition coefficient (Wildman–Crippen LogP) is 3.26. The second-order valence-electron chi connectivity index (χ2n) is 4.71. The molecule has 0 saturated carbocycles. The lowest BCUT2D eigenvalue weighted by molar-refractivity contribution is 0.0979. The molecule has 0 fully saturated rings. The van der Waals surface area contributed by atoms with Crippen molar-refractivity contribution < 1.29 is 9.59 Å². The Balaban J connectivity index is 2.14. The number of amides is 1. The maximum Gasteiger partial charge on any atom is 0.272 e. The van der Waals surface area contributed by atoms with E-state index in [1.165, 1.54) is 0 Å². The number of aryl methyl sites for hydroxylation is 1. The van der Waals surface area contributed by atoms with E-state index in [1.807, 2.05) is 26.2 Å². The Labute approximate surface area is 118 Å². The number of carbonyl (C=O) groups excluding carboxylic acids is 2. The second-order valence-corrected chi connectivity index (χ2v) is 4.71. The summed E-state index contributed by atoms with van der Waals surface area (Å²) in [4.78, 5) is 23.9. The molecule has 0 saturated heterocycles. The third-order valence-electron chi connectivity index (χ3n) is 3.10. The van der Waals surface area contributed by atoms with Gasteiger partial charge in [0.05, 0.1) is 0 Å². The first-order valence-corrected chi connectivity index (χ1v) is 6.67. The van der Waals surface area contributed by atoms with E-state index in [4.69, 9.17) is 0 Å². The number of nitrogens with zero attached hydrogens (tertiary/aromatic N) is 1. The zero-order chi connectivity index (χ0) is 14.5. The van der Waals surface area contributed by atoms with Crippen molar-refractivity contribution in [2.75, 3.05) is 5.32 Å². The summed E-state index contributed by atoms with van der Waals surface area (Å²) in [5.74, 6) is -0.0833. The minimum absolute atomic E-state index is 0.0995. The van der Waals surface area contributed by atoms with E-state index in [0.29, 0.717) is 23.4 Å². The molecular weight excluding hydrogens is 252 g/mol. The van der Waals surface area contributed by atoms with E-state index in [0.717, 1.165) is 6.42 Å². The first kappa shape index (κ1) is 14.1. The Bertz CT molecular complexity index is 629. The minimum atomic E-state index is -0.183. The SMILES string of the molecule is CCCC(=O)c1cccc(NC(=O)c2cccn2C)c1. The molecule has 1 aromatic carbocycles. The summed E-state index contributed by atoms with van der Waals surface area (Å²) in [6, 6.07) is 10.6. The normalized spacial score (nSPS) is 10.3. The minimum Gasteiger partial charge on any atom is -0.347 e. The molecule has 1 heterocycles. The summed E-state index contributed by atoms with van der Waals surface area (Å²) in [6.45, 7) is 1.97. The molecule has 4 nitrogen and oxygen atoms in total. The highest BCUT2D eigenvalue weighted by atomic mass is 16.2. The van der Waals surface area contributed by atoms with Crippen molar-refractivity contribution in [3.63, 3.8) is 0 Å². The average molecular weight is 270 g/mol. The van der Waals surface area contributed by atoms with Crippen LogP contribution in [0.2, 0.25) is 0 Å². The van der Waals surface area contributed by atoms with Gasteiger partial charge in [0.1, 0.15) is 5.69 Å². The van der Waals surface area contributed by atoms with Gasteiger partial charge in [-0.2, -0.15) is 0 Å². The van der Waals surface area contributed by atoms with Crippen LogP contribution in [0, 0.1) is 0 Å². The molecule has 1 amide bonds. The number of hydrogen-bond donors (Lipinski definition) is 1. The van der Waals surface area contributed by atoms with E-state index in [1.54, 1.807) is 34.9 Å². The van der Waals surface area contributed by atoms with Crippen LogP contribution in [-0.4, -0.2) is 16.3 Å². The third kappa shape index (κ3) is 3.15. The standard InChI is InChI=1S/C16H18N2O2/c1-3-6-15(19)12-7-4-8-13(11-12)17-16(20)14-9-5-10-18(14)2/h4-5,7-11H,3,6H2,1-2H3,(H,17,20). The number of Topliss-reactive ketones (excluding diaryl/α,β-unsaturated/α-hetero) is 1. The highest BCUT2D eigenvalue weighted by Gasteiger charge is 2.10. The van der Waals surface area contributed by atoms with Crippen LogP contribution >= 0.6 is 0 Å². The van der Waals surface area contributed by atoms with Gasteiger partial charge in [0, 0.05) is 30.9 Å². The highest BCUT2D eigenvalue weighted by molar-refractivity contribution is 6.04. The van der Waals surface area contributed by atoms with Crippen molar-refractivity contribution in [2.45, 2.75) is 19.8 Å². The third-order valence-corrected chi connectivity index (χ3v) is 3.10. The largest absolute Gasteiger partial charge is 0.347 e. The van der Waals surface area contributed by atoms with Gasteiger partial charge in [0.2, 0.25) is 0 Å². The monoisotopic (exact) mass is 270 g/mol. The quantitative estimate of drug-likeness (QED) is 0.848. The molecule has 0 atom stereocenters. The van der Waals surface area contributed by atoms with Crippen LogP contribution in [0.25, 0.3) is 0 Å². The summed E-state index contributed by atoms with van der Waals surface area (Å²) in [7, 11) is 1.82. The molecule has 4 heteroatoms. The predicted molar refractivity (Wildman–Crippen MR) is 79.0 cm³/mol. The zero-order valence-corrected chi connectivity index (χ0v) is 11.7. The van der Waals surface area contributed by atoms with Gasteiger partial charge < -0.3 is 9.88 Å². The molecule has 0 unspecified atom stereocenters. The van der Waals surface area contributed by atoms with Gasteiger partial charge in [-0.05, 0) is 30.7 Å². The molecule has 1 N–H and O–H groups in total. The van der Waals surface area contributed by atoms with Crippen molar-refractivity contribution in [1.29, 1.82) is 0 Å². The number of benzene rings is 1. The van der Waals surface area contributed by atoms with Crippen LogP contribution in [0.15, 0.2) is 42.6 Å². The average Bonchev–Trinajstić information content (AvgIpc) is 2.85. The Hall–Kier alpha value is -2.36. The fraction of sp³-hybridized carbons (Fsp3) is 0.250. The number of carbonyl (C=O) groups is 2. The van der Waals surface area contributed by atoms with Gasteiger partial charge in [-0.1, -0.05) is 19.1 Å². The molecular formula is C16H18N2O2. The lowest BCUT2D eigenvalue weighted by Crippen LogP contribution is -2.15. The topological polar surface area (TPSA) is 51.1 Å². The maximum absolute atomic E-state index is 12.1. The number of rotatable bonds is 5. The van der Waals surface area contributed by atoms with Crippen LogP contribution < -0.4 is 5.32 Å². The number of hydrogen-bond acceptors (Lipinski definition) is 2. The molecule has 0 spiro atoms. The summed E-state index contributed by atoms with van der Waals surface area (Å²) in [5, 5.41) is 2.81. The lowest BCUT2D eigenvalue weighted by atomic mass is 10.1. The second kappa shape index (κ2) is 6.19. The number of aromatic nitrogens is 1. The van der Waals surface area contributed by atoms with Crippen molar-refractivity contribution >= 4 is 17.4 Å². The smallest absolute Gasteiger partial charge is 0.272 e. The molecule has 0 aliphatic carbocycles. The molecule has 0 aliphatic heterocycles. The first-order chi connectivity index (χ1) is 9.61. The highest BCUT2D eigenvalue weighted by Crippen LogP contribution is 2.14.